The fraction of sp³-hybridized carbons (Fsp3) is 0.385. The summed E-state index contributed by atoms with van der Waals surface area (Å²) in [6.45, 7) is 12.2. The number of methoxy groups -OCH3 is 1. The number of thioether (sulfide) groups is 36. The van der Waals surface area contributed by atoms with E-state index < -0.39 is 7.60 Å². The Labute approximate surface area is 856 Å². The van der Waals surface area contributed by atoms with E-state index in [4.69, 9.17) is 18.5 Å². The van der Waals surface area contributed by atoms with Gasteiger partial charge in [0.15, 0.2) is 4.32 Å². The van der Waals surface area contributed by atoms with Crippen molar-refractivity contribution in [1.82, 2.24) is 0 Å². The van der Waals surface area contributed by atoms with Crippen molar-refractivity contribution in [2.45, 2.75) is 50.8 Å². The summed E-state index contributed by atoms with van der Waals surface area (Å²) in [5.74, 6) is 3.09. The smallest absolute Gasteiger partial charge is 0.503 e. The van der Waals surface area contributed by atoms with Crippen LogP contribution in [0.15, 0.2) is 175 Å². The molecule has 0 saturated carbocycles. The number of rotatable bonds is 28. The molecule has 14 heterocycles. The fourth-order valence-electron chi connectivity index (χ4n) is 8.29. The molecule has 0 aromatic rings. The number of hydrogen-bond acceptors (Lipinski definition) is 46. The van der Waals surface area contributed by atoms with Crippen LogP contribution in [0, 0.1) is 6.92 Å². The van der Waals surface area contributed by atoms with Crippen LogP contribution in [0.4, 0.5) is 0 Å². The van der Waals surface area contributed by atoms with Crippen molar-refractivity contribution in [1.29, 1.82) is 0 Å². The Morgan fingerprint density at radius 1 is 0.398 bits per heavy atom. The normalized spacial score (nSPS) is 22.6. The fourth-order valence-corrected chi connectivity index (χ4v) is 65.6. The second-order valence-electron chi connectivity index (χ2n) is 20.5. The van der Waals surface area contributed by atoms with Crippen LogP contribution in [0.3, 0.4) is 0 Å². The van der Waals surface area contributed by atoms with E-state index in [1.165, 1.54) is 153 Å². The summed E-state index contributed by atoms with van der Waals surface area (Å²) in [7, 11) is -1.41. The summed E-state index contributed by atoms with van der Waals surface area (Å²) < 4.78 is 72.1. The maximum Gasteiger partial charge on any atom is 1.00 e. The Hall–Kier alpha value is 9.24. The van der Waals surface area contributed by atoms with E-state index in [-0.39, 0.29) is 23.2 Å². The molecule has 0 amide bonds. The Balaban J connectivity index is 0.000000208. The van der Waals surface area contributed by atoms with Crippen LogP contribution in [-0.4, -0.2) is 115 Å². The maximum absolute atomic E-state index is 13.0. The number of carbonyl (C=O) groups excluding carboxylic acids is 1. The molecule has 1 fully saturated rings. The van der Waals surface area contributed by atoms with E-state index in [1.807, 2.05) is 320 Å². The van der Waals surface area contributed by atoms with Crippen molar-refractivity contribution < 1.29 is 46.7 Å². The standard InChI is InChI=1S/C31H24S24.C13H17O3PS8.C13H14O2S8.C4H8O.C4H9.Li/c1-34-18-19(35-2)51-30(50-18)31-54-27-28(55-31)49-17(48-27)8-6-15-43-21(37-4)23(45-15)39-11-38-22-20(36-3)42-14(44-22)5-7-16-46-25-26(47-16)53-29(52-25)24-40-12(9-32)13(10-33)41-24;1-3-15-17(14,16-4-2)13-24-11-12(25-13)23-10(22-11)9-20-7(5-18)8(6-19)21-9;1-15-6-9-22-11(17-3)13(23-9)19-7-18-12-10(16-2)20-8(21-12)4-5-14;1-2-4-5-3-1;1-3-4-2;/h5-8,32-33H,9-11H2,1-4H3;13,18-19H,3-6H2,1-2H3;4-6H,7H2,1-3H3;1-4H2;1,3-4H2,2H3;/q;;;;-1;+1/b;;8-4-,9-6+;;;. The van der Waals surface area contributed by atoms with Gasteiger partial charge in [0.2, 0.25) is 0 Å². The second kappa shape index (κ2) is 57.1. The van der Waals surface area contributed by atoms with Crippen LogP contribution in [-0.2, 0) is 27.9 Å². The zero-order valence-corrected chi connectivity index (χ0v) is 95.5. The molecular formula is C65H72LiO6PS40. The number of allylic oxidation sites excluding steroid dienone is 5. The van der Waals surface area contributed by atoms with Crippen molar-refractivity contribution in [3.63, 3.8) is 0 Å². The quantitative estimate of drug-likeness (QED) is 0.00877. The maximum atomic E-state index is 13.0. The predicted molar refractivity (Wildman–Crippen MR) is 602 cm³/mol. The number of carbonyl (C=O) groups is 1. The van der Waals surface area contributed by atoms with Crippen LogP contribution in [0.2, 0.25) is 0 Å². The van der Waals surface area contributed by atoms with Gasteiger partial charge in [-0.2, -0.15) is 56.9 Å². The van der Waals surface area contributed by atoms with Gasteiger partial charge in [-0.3, -0.25) is 9.36 Å². The summed E-state index contributed by atoms with van der Waals surface area (Å²) in [6.07, 6.45) is 31.5. The predicted octanol–water partition coefficient (Wildman–Crippen LogP) is 33.6. The molecule has 614 valence electrons. The third kappa shape index (κ3) is 31.7. The Morgan fingerprint density at radius 2 is 0.664 bits per heavy atom. The van der Waals surface area contributed by atoms with Crippen molar-refractivity contribution in [3.05, 3.63) is 182 Å². The van der Waals surface area contributed by atoms with Crippen LogP contribution < -0.4 is 18.9 Å². The van der Waals surface area contributed by atoms with Crippen molar-refractivity contribution in [2.75, 3.05) is 104 Å². The van der Waals surface area contributed by atoms with Crippen LogP contribution in [0.25, 0.3) is 0 Å². The average Bonchev–Trinajstić information content (AvgIpc) is 1.62. The van der Waals surface area contributed by atoms with Gasteiger partial charge in [0.25, 0.3) is 0 Å². The molecule has 14 aliphatic rings. The molecule has 0 unspecified atom stereocenters. The number of thiol groups is 4. The third-order valence-electron chi connectivity index (χ3n) is 13.2. The van der Waals surface area contributed by atoms with E-state index in [9.17, 15) is 9.36 Å². The van der Waals surface area contributed by atoms with Gasteiger partial charge >= 0.3 is 26.5 Å². The minimum Gasteiger partial charge on any atom is -0.503 e. The van der Waals surface area contributed by atoms with Crippen molar-refractivity contribution >= 4 is 488 Å². The topological polar surface area (TPSA) is 71.1 Å². The van der Waals surface area contributed by atoms with Gasteiger partial charge < -0.3 is 25.4 Å². The first kappa shape index (κ1) is 106. The SMILES string of the molecule is C1CCOC1.CCOP(=O)(OCC)C1SC2=C(SC(=C3SC(CS)=C(CS)S3)S2)S1.CO/C=C1\SC(SC)=C(SCSC2=C(SC)S/C(=C/C=O)S2)S1.CSC1=C(SCSC2=C(SC)SC(=CC=C3SC4=C(S3)SC(=C3SC(SC)=C(SC)S3)S4)S2)SC(=CC=C2SC3=C(S2)SC(=C2SC(CS)=C(CS)S2)S3)S1.[CH2-]CCC.[Li+]. The van der Waals surface area contributed by atoms with Gasteiger partial charge in [-0.15, -0.1) is 118 Å². The number of aldehydes is 1. The summed E-state index contributed by atoms with van der Waals surface area (Å²) in [5, 5.41) is 1.99. The van der Waals surface area contributed by atoms with Crippen molar-refractivity contribution in [3.8, 4) is 0 Å². The molecule has 0 aromatic carbocycles. The number of ether oxygens (including phenoxy) is 2. The van der Waals surface area contributed by atoms with Crippen LogP contribution in [0.5, 0.6) is 0 Å². The minimum atomic E-state index is -3.09. The molecule has 6 nitrogen and oxygen atoms in total. The van der Waals surface area contributed by atoms with E-state index in [0.29, 0.717) is 13.2 Å². The third-order valence-corrected chi connectivity index (χ3v) is 69.2. The molecule has 0 N–H and O–H groups in total. The van der Waals surface area contributed by atoms with Crippen LogP contribution >= 0.6 is 482 Å². The molecule has 0 bridgehead atoms. The van der Waals surface area contributed by atoms with E-state index in [2.05, 4.69) is 126 Å². The monoisotopic (exact) mass is 2270 g/mol. The molecule has 1 saturated heterocycles. The van der Waals surface area contributed by atoms with Gasteiger partial charge in [0.05, 0.1) is 139 Å². The van der Waals surface area contributed by atoms with Crippen LogP contribution in [0.1, 0.15) is 46.5 Å². The molecule has 113 heavy (non-hydrogen) atoms. The van der Waals surface area contributed by atoms with Gasteiger partial charge in [0, 0.05) is 66.0 Å². The minimum absolute atomic E-state index is 0. The van der Waals surface area contributed by atoms with Gasteiger partial charge in [-0.1, -0.05) is 319 Å². The molecule has 0 aromatic heterocycles. The molecular weight excluding hydrogens is 2200 g/mol. The number of hydrogen-bond donors (Lipinski definition) is 4. The molecule has 14 rings (SSSR count). The summed E-state index contributed by atoms with van der Waals surface area (Å²) in [4.78, 5) is 16.0. The Bertz CT molecular complexity index is 3910. The molecule has 14 aliphatic heterocycles. The van der Waals surface area contributed by atoms with Gasteiger partial charge in [0.1, 0.15) is 12.5 Å². The molecule has 48 heteroatoms. The molecule has 0 spiro atoms. The Morgan fingerprint density at radius 3 is 0.947 bits per heavy atom. The Kier molecular flexibility index (Phi) is 53.5. The van der Waals surface area contributed by atoms with Gasteiger partial charge in [-0.05, 0) is 94.6 Å². The van der Waals surface area contributed by atoms with E-state index in [0.717, 1.165) is 63.3 Å². The second-order valence-corrected chi connectivity index (χ2v) is 69.1. The summed E-state index contributed by atoms with van der Waals surface area (Å²) in [5.41, 5.74) is 0. The molecule has 0 radical (unpaired) electrons. The first-order chi connectivity index (χ1) is 54.5. The van der Waals surface area contributed by atoms with Crippen molar-refractivity contribution in [2.24, 2.45) is 0 Å². The first-order valence-electron chi connectivity index (χ1n) is 32.4. The zero-order chi connectivity index (χ0) is 79.7. The molecule has 0 atom stereocenters. The van der Waals surface area contributed by atoms with E-state index in [1.54, 1.807) is 137 Å². The zero-order valence-electron chi connectivity index (χ0n) is 61.6. The average molecular weight is 2270 g/mol. The summed E-state index contributed by atoms with van der Waals surface area (Å²) >= 11 is 85.0. The number of unbranched alkanes of at least 4 members (excludes halogenated alkanes) is 1. The molecule has 0 aliphatic carbocycles. The van der Waals surface area contributed by atoms with E-state index >= 15 is 0 Å². The largest absolute Gasteiger partial charge is 1.00 e. The van der Waals surface area contributed by atoms with Gasteiger partial charge in [-0.25, -0.2) is 0 Å². The first-order valence-corrected chi connectivity index (χ1v) is 69.2. The summed E-state index contributed by atoms with van der Waals surface area (Å²) in [6, 6.07) is 0.